The third kappa shape index (κ3) is 4.93. The highest BCUT2D eigenvalue weighted by molar-refractivity contribution is 7.91. The van der Waals surface area contributed by atoms with Crippen molar-refractivity contribution in [2.24, 2.45) is 0 Å². The largest absolute Gasteiger partial charge is 0.405 e. The van der Waals surface area contributed by atoms with Crippen LogP contribution in [-0.2, 0) is 14.8 Å². The Hall–Kier alpha value is -0.840. The predicted octanol–water partition coefficient (Wildman–Crippen LogP) is 1.70. The molecule has 20 heavy (non-hydrogen) atoms. The van der Waals surface area contributed by atoms with E-state index in [0.29, 0.717) is 4.31 Å². The number of hydrogen-bond acceptors (Lipinski definition) is 4. The van der Waals surface area contributed by atoms with Crippen molar-refractivity contribution in [1.29, 1.82) is 0 Å². The first-order valence-corrected chi connectivity index (χ1v) is 7.71. The van der Waals surface area contributed by atoms with Crippen molar-refractivity contribution >= 4 is 38.9 Å². The summed E-state index contributed by atoms with van der Waals surface area (Å²) in [6.07, 6.45) is -4.55. The van der Waals surface area contributed by atoms with Crippen molar-refractivity contribution < 1.29 is 26.4 Å². The lowest BCUT2D eigenvalue weighted by atomic mass is 10.5. The van der Waals surface area contributed by atoms with Crippen LogP contribution < -0.4 is 5.32 Å². The van der Waals surface area contributed by atoms with Gasteiger partial charge >= 0.3 is 6.18 Å². The van der Waals surface area contributed by atoms with Gasteiger partial charge in [0.2, 0.25) is 5.91 Å². The minimum Gasteiger partial charge on any atom is -0.346 e. The van der Waals surface area contributed by atoms with Gasteiger partial charge < -0.3 is 5.32 Å². The van der Waals surface area contributed by atoms with Gasteiger partial charge in [-0.25, -0.2) is 8.42 Å². The molecule has 11 heteroatoms. The molecule has 0 aliphatic carbocycles. The van der Waals surface area contributed by atoms with Gasteiger partial charge in [0.1, 0.15) is 10.8 Å². The van der Waals surface area contributed by atoms with Crippen LogP contribution in [0.4, 0.5) is 13.2 Å². The second-order valence-electron chi connectivity index (χ2n) is 3.71. The molecule has 0 bridgehead atoms. The molecule has 0 spiro atoms. The summed E-state index contributed by atoms with van der Waals surface area (Å²) in [5, 5.41) is 1.59. The van der Waals surface area contributed by atoms with Crippen LogP contribution in [0, 0.1) is 0 Å². The molecule has 0 unspecified atom stereocenters. The highest BCUT2D eigenvalue weighted by atomic mass is 35.5. The molecule has 114 valence electrons. The Morgan fingerprint density at radius 1 is 1.45 bits per heavy atom. The zero-order chi connectivity index (χ0) is 15.6. The van der Waals surface area contributed by atoms with Crippen molar-refractivity contribution in [3.8, 4) is 0 Å². The van der Waals surface area contributed by atoms with E-state index in [-0.39, 0.29) is 8.55 Å². The number of thiophene rings is 1. The highest BCUT2D eigenvalue weighted by Crippen LogP contribution is 2.27. The van der Waals surface area contributed by atoms with Gasteiger partial charge in [0.05, 0.1) is 10.9 Å². The Kier molecular flexibility index (Phi) is 5.41. The summed E-state index contributed by atoms with van der Waals surface area (Å²) >= 11 is 6.40. The molecule has 0 saturated heterocycles. The average molecular weight is 351 g/mol. The summed E-state index contributed by atoms with van der Waals surface area (Å²) < 4.78 is 60.4. The van der Waals surface area contributed by atoms with E-state index in [4.69, 9.17) is 11.6 Å². The summed E-state index contributed by atoms with van der Waals surface area (Å²) in [6, 6.07) is 2.63. The molecular weight excluding hydrogens is 341 g/mol. The lowest BCUT2D eigenvalue weighted by molar-refractivity contribution is -0.138. The predicted molar refractivity (Wildman–Crippen MR) is 68.2 cm³/mol. The standard InChI is InChI=1S/C9H10ClF3N2O3S2/c1-15(4-7(16)14-5-9(11,12)13)20(17,18)8-3-2-6(10)19-8/h2-3H,4-5H2,1H3,(H,14,16). The molecule has 1 aromatic rings. The van der Waals surface area contributed by atoms with Crippen LogP contribution in [0.3, 0.4) is 0 Å². The van der Waals surface area contributed by atoms with Crippen molar-refractivity contribution in [1.82, 2.24) is 9.62 Å². The molecule has 0 aromatic carbocycles. The lowest BCUT2D eigenvalue weighted by Gasteiger charge is -2.16. The van der Waals surface area contributed by atoms with Crippen LogP contribution in [0.25, 0.3) is 0 Å². The number of rotatable bonds is 5. The number of carbonyl (C=O) groups is 1. The van der Waals surface area contributed by atoms with Crippen molar-refractivity contribution in [2.75, 3.05) is 20.1 Å². The van der Waals surface area contributed by atoms with Crippen LogP contribution >= 0.6 is 22.9 Å². The Labute approximate surface area is 122 Å². The van der Waals surface area contributed by atoms with Gasteiger partial charge in [-0.3, -0.25) is 4.79 Å². The third-order valence-electron chi connectivity index (χ3n) is 2.07. The summed E-state index contributed by atoms with van der Waals surface area (Å²) in [5.41, 5.74) is 0. The van der Waals surface area contributed by atoms with E-state index < -0.39 is 35.2 Å². The zero-order valence-corrected chi connectivity index (χ0v) is 12.5. The van der Waals surface area contributed by atoms with Gasteiger partial charge in [0.25, 0.3) is 10.0 Å². The van der Waals surface area contributed by atoms with Crippen molar-refractivity contribution in [3.63, 3.8) is 0 Å². The number of amides is 1. The Morgan fingerprint density at radius 3 is 2.50 bits per heavy atom. The van der Waals surface area contributed by atoms with Gasteiger partial charge in [0, 0.05) is 7.05 Å². The fourth-order valence-electron chi connectivity index (χ4n) is 1.13. The normalized spacial score (nSPS) is 12.7. The van der Waals surface area contributed by atoms with Crippen LogP contribution in [-0.4, -0.2) is 44.9 Å². The van der Waals surface area contributed by atoms with Crippen molar-refractivity contribution in [3.05, 3.63) is 16.5 Å². The smallest absolute Gasteiger partial charge is 0.346 e. The second-order valence-corrected chi connectivity index (χ2v) is 7.70. The number of likely N-dealkylation sites (N-methyl/N-ethyl adjacent to an activating group) is 1. The maximum Gasteiger partial charge on any atom is 0.405 e. The Bertz CT molecular complexity index is 586. The molecule has 5 nitrogen and oxygen atoms in total. The van der Waals surface area contributed by atoms with Crippen LogP contribution in [0.15, 0.2) is 16.3 Å². The minimum absolute atomic E-state index is 0.0892. The van der Waals surface area contributed by atoms with E-state index >= 15 is 0 Å². The molecule has 1 heterocycles. The summed E-state index contributed by atoms with van der Waals surface area (Å²) in [7, 11) is -2.85. The monoisotopic (exact) mass is 350 g/mol. The van der Waals surface area contributed by atoms with Crippen molar-refractivity contribution in [2.45, 2.75) is 10.4 Å². The zero-order valence-electron chi connectivity index (χ0n) is 10.1. The minimum atomic E-state index is -4.55. The topological polar surface area (TPSA) is 66.5 Å². The number of halogens is 4. The summed E-state index contributed by atoms with van der Waals surface area (Å²) in [4.78, 5) is 11.2. The number of sulfonamides is 1. The molecule has 1 aromatic heterocycles. The maximum absolute atomic E-state index is 12.0. The van der Waals surface area contributed by atoms with Crippen LogP contribution in [0.2, 0.25) is 4.34 Å². The molecule has 0 aliphatic heterocycles. The third-order valence-corrected chi connectivity index (χ3v) is 5.57. The molecule has 0 saturated carbocycles. The first-order valence-electron chi connectivity index (χ1n) is 5.07. The SMILES string of the molecule is CN(CC(=O)NCC(F)(F)F)S(=O)(=O)c1ccc(Cl)s1. The Balaban J connectivity index is 2.66. The van der Waals surface area contributed by atoms with Gasteiger partial charge in [-0.05, 0) is 12.1 Å². The van der Waals surface area contributed by atoms with Crippen LogP contribution in [0.1, 0.15) is 0 Å². The molecule has 0 aliphatic rings. The Morgan fingerprint density at radius 2 is 2.05 bits per heavy atom. The highest BCUT2D eigenvalue weighted by Gasteiger charge is 2.29. The van der Waals surface area contributed by atoms with Gasteiger partial charge in [0.15, 0.2) is 0 Å². The van der Waals surface area contributed by atoms with Gasteiger partial charge in [-0.2, -0.15) is 17.5 Å². The van der Waals surface area contributed by atoms with E-state index in [1.807, 2.05) is 0 Å². The number of carbonyl (C=O) groups excluding carboxylic acids is 1. The van der Waals surface area contributed by atoms with E-state index in [0.717, 1.165) is 18.4 Å². The number of hydrogen-bond donors (Lipinski definition) is 1. The number of alkyl halides is 3. The molecule has 1 rings (SSSR count). The molecule has 1 amide bonds. The molecule has 1 N–H and O–H groups in total. The first-order chi connectivity index (χ1) is 9.02. The van der Waals surface area contributed by atoms with E-state index in [2.05, 4.69) is 0 Å². The van der Waals surface area contributed by atoms with E-state index in [1.54, 1.807) is 5.32 Å². The molecule has 0 atom stereocenters. The van der Waals surface area contributed by atoms with Gasteiger partial charge in [-0.1, -0.05) is 11.6 Å². The first kappa shape index (κ1) is 17.2. The van der Waals surface area contributed by atoms with Crippen LogP contribution in [0.5, 0.6) is 0 Å². The lowest BCUT2D eigenvalue weighted by Crippen LogP contribution is -2.41. The van der Waals surface area contributed by atoms with E-state index in [9.17, 15) is 26.4 Å². The molecular formula is C9H10ClF3N2O3S2. The summed E-state index contributed by atoms with van der Waals surface area (Å²) in [6.45, 7) is -2.22. The second kappa shape index (κ2) is 6.29. The summed E-state index contributed by atoms with van der Waals surface area (Å²) in [5.74, 6) is -1.05. The van der Waals surface area contributed by atoms with Gasteiger partial charge in [-0.15, -0.1) is 11.3 Å². The number of nitrogens with zero attached hydrogens (tertiary/aromatic N) is 1. The van der Waals surface area contributed by atoms with E-state index in [1.165, 1.54) is 12.1 Å². The molecule has 0 radical (unpaired) electrons. The number of nitrogens with one attached hydrogen (secondary N) is 1. The molecule has 0 fully saturated rings. The quantitative estimate of drug-likeness (QED) is 0.879. The fourth-order valence-corrected chi connectivity index (χ4v) is 3.95. The maximum atomic E-state index is 12.0. The fraction of sp³-hybridized carbons (Fsp3) is 0.444. The average Bonchev–Trinajstić information content (AvgIpc) is 2.73.